The van der Waals surface area contributed by atoms with Crippen LogP contribution in [0.3, 0.4) is 0 Å². The SMILES string of the molecule is CC1CC(c2cc(N)ccc2F)N=C(N)S1.COC. The van der Waals surface area contributed by atoms with Crippen LogP contribution in [0.1, 0.15) is 24.9 Å². The maximum Gasteiger partial charge on any atom is 0.154 e. The van der Waals surface area contributed by atoms with Crippen molar-refractivity contribution in [2.24, 2.45) is 10.7 Å². The summed E-state index contributed by atoms with van der Waals surface area (Å²) in [5.41, 5.74) is 12.4. The third kappa shape index (κ3) is 4.72. The van der Waals surface area contributed by atoms with Crippen LogP contribution in [0.5, 0.6) is 0 Å². The van der Waals surface area contributed by atoms with Gasteiger partial charge in [0.1, 0.15) is 5.82 Å². The predicted molar refractivity (Wildman–Crippen MR) is 79.8 cm³/mol. The molecule has 6 heteroatoms. The summed E-state index contributed by atoms with van der Waals surface area (Å²) in [6.07, 6.45) is 0.783. The zero-order valence-corrected chi connectivity index (χ0v) is 12.2. The highest BCUT2D eigenvalue weighted by Gasteiger charge is 2.23. The Morgan fingerprint density at radius 2 is 2.00 bits per heavy atom. The molecule has 4 nitrogen and oxygen atoms in total. The molecule has 1 aromatic rings. The zero-order valence-electron chi connectivity index (χ0n) is 11.4. The van der Waals surface area contributed by atoms with Crippen molar-refractivity contribution in [1.82, 2.24) is 0 Å². The first-order valence-corrected chi connectivity index (χ1v) is 6.80. The van der Waals surface area contributed by atoms with Crippen LogP contribution in [0.25, 0.3) is 0 Å². The van der Waals surface area contributed by atoms with Gasteiger partial charge in [0.25, 0.3) is 0 Å². The maximum atomic E-state index is 13.6. The monoisotopic (exact) mass is 285 g/mol. The lowest BCUT2D eigenvalue weighted by Crippen LogP contribution is -2.21. The van der Waals surface area contributed by atoms with E-state index >= 15 is 0 Å². The second-order valence-electron chi connectivity index (χ2n) is 4.34. The molecule has 0 fully saturated rings. The van der Waals surface area contributed by atoms with Crippen LogP contribution in [-0.2, 0) is 4.74 Å². The van der Waals surface area contributed by atoms with E-state index in [-0.39, 0.29) is 11.9 Å². The molecule has 1 aromatic carbocycles. The molecule has 1 aliphatic heterocycles. The van der Waals surface area contributed by atoms with Crippen molar-refractivity contribution >= 4 is 22.6 Å². The van der Waals surface area contributed by atoms with Crippen LogP contribution in [0.2, 0.25) is 0 Å². The highest BCUT2D eigenvalue weighted by molar-refractivity contribution is 8.14. The Morgan fingerprint density at radius 1 is 1.37 bits per heavy atom. The number of hydrogen-bond acceptors (Lipinski definition) is 5. The minimum Gasteiger partial charge on any atom is -0.399 e. The number of anilines is 1. The van der Waals surface area contributed by atoms with E-state index < -0.39 is 0 Å². The summed E-state index contributed by atoms with van der Waals surface area (Å²) in [6.45, 7) is 2.06. The molecule has 2 atom stereocenters. The van der Waals surface area contributed by atoms with Gasteiger partial charge in [0, 0.05) is 30.7 Å². The number of methoxy groups -OCH3 is 1. The van der Waals surface area contributed by atoms with Gasteiger partial charge in [0.2, 0.25) is 0 Å². The second kappa shape index (κ2) is 7.35. The van der Waals surface area contributed by atoms with Crippen molar-refractivity contribution in [2.75, 3.05) is 20.0 Å². The molecule has 0 saturated heterocycles. The molecule has 2 rings (SSSR count). The van der Waals surface area contributed by atoms with Crippen LogP contribution >= 0.6 is 11.8 Å². The number of benzene rings is 1. The minimum absolute atomic E-state index is 0.209. The summed E-state index contributed by atoms with van der Waals surface area (Å²) in [5, 5.41) is 0.869. The number of aliphatic imine (C=N–C) groups is 1. The van der Waals surface area contributed by atoms with Crippen molar-refractivity contribution in [3.8, 4) is 0 Å². The number of halogens is 1. The smallest absolute Gasteiger partial charge is 0.154 e. The van der Waals surface area contributed by atoms with Crippen LogP contribution in [0, 0.1) is 5.82 Å². The van der Waals surface area contributed by atoms with Crippen molar-refractivity contribution in [1.29, 1.82) is 0 Å². The largest absolute Gasteiger partial charge is 0.399 e. The lowest BCUT2D eigenvalue weighted by atomic mass is 10.0. The first-order chi connectivity index (χ1) is 8.97. The topological polar surface area (TPSA) is 73.6 Å². The highest BCUT2D eigenvalue weighted by Crippen LogP contribution is 2.34. The number of hydrogen-bond donors (Lipinski definition) is 2. The number of amidine groups is 1. The Kier molecular flexibility index (Phi) is 6.11. The van der Waals surface area contributed by atoms with Gasteiger partial charge in [-0.15, -0.1) is 0 Å². The fourth-order valence-corrected chi connectivity index (χ4v) is 2.70. The molecule has 4 N–H and O–H groups in total. The number of nitrogens with two attached hydrogens (primary N) is 2. The Hall–Kier alpha value is -1.27. The molecule has 0 aliphatic carbocycles. The fourth-order valence-electron chi connectivity index (χ4n) is 1.82. The normalized spacial score (nSPS) is 22.2. The first-order valence-electron chi connectivity index (χ1n) is 5.93. The Balaban J connectivity index is 0.000000550. The van der Waals surface area contributed by atoms with Crippen LogP contribution in [0.15, 0.2) is 23.2 Å². The van der Waals surface area contributed by atoms with E-state index in [0.29, 0.717) is 21.7 Å². The molecule has 0 spiro atoms. The van der Waals surface area contributed by atoms with Crippen LogP contribution in [0.4, 0.5) is 10.1 Å². The van der Waals surface area contributed by atoms with Gasteiger partial charge in [-0.2, -0.15) is 0 Å². The number of nitrogen functional groups attached to an aromatic ring is 1. The predicted octanol–water partition coefficient (Wildman–Crippen LogP) is 2.55. The summed E-state index contributed by atoms with van der Waals surface area (Å²) >= 11 is 1.52. The Labute approximate surface area is 117 Å². The molecule has 106 valence electrons. The van der Waals surface area contributed by atoms with Crippen molar-refractivity contribution < 1.29 is 9.13 Å². The van der Waals surface area contributed by atoms with E-state index in [1.165, 1.54) is 17.8 Å². The summed E-state index contributed by atoms with van der Waals surface area (Å²) in [6, 6.07) is 4.36. The van der Waals surface area contributed by atoms with Gasteiger partial charge < -0.3 is 16.2 Å². The highest BCUT2D eigenvalue weighted by atomic mass is 32.2. The van der Waals surface area contributed by atoms with Crippen molar-refractivity contribution in [3.05, 3.63) is 29.6 Å². The Bertz CT molecular complexity index is 454. The van der Waals surface area contributed by atoms with Crippen molar-refractivity contribution in [3.63, 3.8) is 0 Å². The fraction of sp³-hybridized carbons (Fsp3) is 0.462. The molecule has 0 saturated carbocycles. The number of rotatable bonds is 1. The molecule has 1 heterocycles. The zero-order chi connectivity index (χ0) is 14.4. The van der Waals surface area contributed by atoms with E-state index in [4.69, 9.17) is 11.5 Å². The van der Waals surface area contributed by atoms with Gasteiger partial charge in [-0.25, -0.2) is 4.39 Å². The van der Waals surface area contributed by atoms with Gasteiger partial charge in [0.05, 0.1) is 6.04 Å². The van der Waals surface area contributed by atoms with Gasteiger partial charge in [-0.3, -0.25) is 4.99 Å². The average Bonchev–Trinajstić information content (AvgIpc) is 2.32. The summed E-state index contributed by atoms with van der Waals surface area (Å²) in [5.74, 6) is -0.269. The quantitative estimate of drug-likeness (QED) is 0.778. The van der Waals surface area contributed by atoms with Gasteiger partial charge in [0.15, 0.2) is 5.17 Å². The molecule has 0 bridgehead atoms. The molecular formula is C13H20FN3OS. The average molecular weight is 285 g/mol. The van der Waals surface area contributed by atoms with E-state index in [1.807, 2.05) is 0 Å². The van der Waals surface area contributed by atoms with Gasteiger partial charge in [-0.1, -0.05) is 18.7 Å². The lowest BCUT2D eigenvalue weighted by molar-refractivity contribution is 0.277. The third-order valence-electron chi connectivity index (χ3n) is 2.54. The van der Waals surface area contributed by atoms with Crippen molar-refractivity contribution in [2.45, 2.75) is 24.6 Å². The summed E-state index contributed by atoms with van der Waals surface area (Å²) < 4.78 is 17.9. The van der Waals surface area contributed by atoms with Gasteiger partial charge >= 0.3 is 0 Å². The van der Waals surface area contributed by atoms with Crippen LogP contribution < -0.4 is 11.5 Å². The second-order valence-corrected chi connectivity index (χ2v) is 5.80. The lowest BCUT2D eigenvalue weighted by Gasteiger charge is -2.23. The van der Waals surface area contributed by atoms with E-state index in [2.05, 4.69) is 16.7 Å². The number of nitrogens with zero attached hydrogens (tertiary/aromatic N) is 1. The molecule has 0 amide bonds. The molecule has 0 aromatic heterocycles. The summed E-state index contributed by atoms with van der Waals surface area (Å²) in [7, 11) is 3.25. The molecule has 0 radical (unpaired) electrons. The minimum atomic E-state index is -0.269. The summed E-state index contributed by atoms with van der Waals surface area (Å²) in [4.78, 5) is 4.27. The molecule has 1 aliphatic rings. The van der Waals surface area contributed by atoms with E-state index in [9.17, 15) is 4.39 Å². The standard InChI is InChI=1S/C11H14FN3S.C2H6O/c1-6-4-10(15-11(14)16-6)8-5-7(13)2-3-9(8)12;1-3-2/h2-3,5-6,10H,4,13H2,1H3,(H2,14,15);1-2H3. The number of thioether (sulfide) groups is 1. The van der Waals surface area contributed by atoms with E-state index in [1.54, 1.807) is 26.4 Å². The Morgan fingerprint density at radius 3 is 2.58 bits per heavy atom. The molecule has 19 heavy (non-hydrogen) atoms. The first kappa shape index (κ1) is 15.8. The maximum absolute atomic E-state index is 13.6. The van der Waals surface area contributed by atoms with Gasteiger partial charge in [-0.05, 0) is 24.6 Å². The third-order valence-corrected chi connectivity index (χ3v) is 3.48. The molecular weight excluding hydrogens is 265 g/mol. The van der Waals surface area contributed by atoms with E-state index in [0.717, 1.165) is 6.42 Å². The van der Waals surface area contributed by atoms with Crippen LogP contribution in [-0.4, -0.2) is 24.6 Å². The molecule has 2 unspecified atom stereocenters. The number of ether oxygens (including phenoxy) is 1.